The molecule has 0 heterocycles. The van der Waals surface area contributed by atoms with Crippen molar-refractivity contribution in [3.05, 3.63) is 98.6 Å². The Hall–Kier alpha value is -3.01. The van der Waals surface area contributed by atoms with Crippen LogP contribution in [0.3, 0.4) is 0 Å². The van der Waals surface area contributed by atoms with Gasteiger partial charge in [-0.1, -0.05) is 0 Å². The van der Waals surface area contributed by atoms with Gasteiger partial charge in [0, 0.05) is 0 Å². The average Bonchev–Trinajstić information content (AvgIpc) is 2.84. The molecule has 2 aromatic carbocycles. The van der Waals surface area contributed by atoms with E-state index in [0.717, 1.165) is 47.6 Å². The second-order valence-electron chi connectivity index (χ2n) is 7.72. The quantitative estimate of drug-likeness (QED) is 0.260. The van der Waals surface area contributed by atoms with Gasteiger partial charge in [-0.25, -0.2) is 0 Å². The summed E-state index contributed by atoms with van der Waals surface area (Å²) in [7, 11) is 0. The van der Waals surface area contributed by atoms with E-state index >= 15 is 0 Å². The Balaban J connectivity index is 2.52. The van der Waals surface area contributed by atoms with Crippen LogP contribution in [-0.2, 0) is 0 Å². The van der Waals surface area contributed by atoms with Gasteiger partial charge in [-0.2, -0.15) is 0 Å². The molecule has 0 radical (unpaired) electrons. The van der Waals surface area contributed by atoms with Gasteiger partial charge in [0.25, 0.3) is 0 Å². The molecule has 0 aliphatic heterocycles. The molecule has 0 N–H and O–H groups in total. The van der Waals surface area contributed by atoms with Gasteiger partial charge in [0.15, 0.2) is 0 Å². The van der Waals surface area contributed by atoms with Gasteiger partial charge in [-0.15, -0.1) is 0 Å². The fraction of sp³-hybridized carbons (Fsp3) is 0.276. The topological polar surface area (TPSA) is 26.8 Å². The van der Waals surface area contributed by atoms with Crippen molar-refractivity contribution in [3.63, 3.8) is 0 Å². The normalized spacial score (nSPS) is 10.3. The van der Waals surface area contributed by atoms with Gasteiger partial charge in [0.1, 0.15) is 0 Å². The molecule has 0 aliphatic carbocycles. The van der Waals surface area contributed by atoms with Crippen LogP contribution in [0.5, 0.6) is 0 Å². The van der Waals surface area contributed by atoms with Gasteiger partial charge < -0.3 is 0 Å². The van der Waals surface area contributed by atoms with E-state index < -0.39 is 0 Å². The molecule has 0 aromatic heterocycles. The Morgan fingerprint density at radius 1 is 0.794 bits per heavy atom. The van der Waals surface area contributed by atoms with Crippen LogP contribution in [0.25, 0.3) is 0 Å². The molecule has 1 amide bonds. The van der Waals surface area contributed by atoms with Crippen molar-refractivity contribution >= 4 is 41.2 Å². The third-order valence-corrected chi connectivity index (χ3v) is 7.62. The Labute approximate surface area is 212 Å². The summed E-state index contributed by atoms with van der Waals surface area (Å²) >= 11 is -0.0494. The van der Waals surface area contributed by atoms with Crippen molar-refractivity contribution in [3.8, 4) is 0 Å². The summed E-state index contributed by atoms with van der Waals surface area (Å²) in [5, 5.41) is 0. The number of nitrogens with zero attached hydrogens (tertiary/aromatic N) is 3. The van der Waals surface area contributed by atoms with E-state index in [1.54, 1.807) is 0 Å². The standard InChI is InChI=1S/C29H37N3OSe/c1-7-18-31(19-8-2)24-14-13-15-26(22-24)34-28-23-25(32(20-9-3)21-10-4)16-17-27(28)29(33)30(11-5)12-6/h7-10,13-17,22-23H,1-4,11-12,18-21H2,5-6H3. The maximum atomic E-state index is 13.4. The summed E-state index contributed by atoms with van der Waals surface area (Å²) < 4.78 is 2.30. The first-order valence-corrected chi connectivity index (χ1v) is 13.4. The van der Waals surface area contributed by atoms with Crippen LogP contribution in [0.15, 0.2) is 93.1 Å². The first-order chi connectivity index (χ1) is 16.5. The average molecular weight is 523 g/mol. The first-order valence-electron chi connectivity index (χ1n) is 11.7. The van der Waals surface area contributed by atoms with Crippen molar-refractivity contribution in [1.82, 2.24) is 4.90 Å². The summed E-state index contributed by atoms with van der Waals surface area (Å²) in [6.07, 6.45) is 7.58. The number of benzene rings is 2. The predicted octanol–water partition coefficient (Wildman–Crippen LogP) is 4.18. The van der Waals surface area contributed by atoms with Crippen molar-refractivity contribution in [2.24, 2.45) is 0 Å². The third kappa shape index (κ3) is 7.24. The van der Waals surface area contributed by atoms with Crippen LogP contribution >= 0.6 is 0 Å². The van der Waals surface area contributed by atoms with E-state index in [0.29, 0.717) is 13.1 Å². The van der Waals surface area contributed by atoms with Crippen LogP contribution in [-0.4, -0.2) is 65.0 Å². The zero-order valence-corrected chi connectivity index (χ0v) is 22.3. The van der Waals surface area contributed by atoms with Gasteiger partial charge in [-0.3, -0.25) is 0 Å². The summed E-state index contributed by atoms with van der Waals surface area (Å²) in [5.74, 6) is 0.0866. The maximum absolute atomic E-state index is 13.4. The Morgan fingerprint density at radius 3 is 1.82 bits per heavy atom. The summed E-state index contributed by atoms with van der Waals surface area (Å²) in [5.41, 5.74) is 2.99. The van der Waals surface area contributed by atoms with E-state index in [-0.39, 0.29) is 20.9 Å². The molecule has 0 spiro atoms. The minimum absolute atomic E-state index is 0.0494. The zero-order chi connectivity index (χ0) is 24.9. The van der Waals surface area contributed by atoms with Crippen molar-refractivity contribution in [2.45, 2.75) is 13.8 Å². The molecule has 0 saturated heterocycles. The molecule has 0 bridgehead atoms. The third-order valence-electron chi connectivity index (χ3n) is 5.42. The number of carbonyl (C=O) groups is 1. The fourth-order valence-electron chi connectivity index (χ4n) is 3.71. The monoisotopic (exact) mass is 523 g/mol. The first kappa shape index (κ1) is 27.2. The summed E-state index contributed by atoms with van der Waals surface area (Å²) in [6.45, 7) is 23.9. The van der Waals surface area contributed by atoms with Crippen LogP contribution in [0, 0.1) is 0 Å². The molecular formula is C29H37N3OSe. The van der Waals surface area contributed by atoms with Gasteiger partial charge in [-0.05, 0) is 0 Å². The van der Waals surface area contributed by atoms with Crippen molar-refractivity contribution < 1.29 is 4.79 Å². The number of hydrogen-bond acceptors (Lipinski definition) is 3. The molecule has 5 heteroatoms. The Morgan fingerprint density at radius 2 is 1.32 bits per heavy atom. The molecule has 0 fully saturated rings. The second-order valence-corrected chi connectivity index (χ2v) is 10.1. The molecule has 0 atom stereocenters. The van der Waals surface area contributed by atoms with Crippen LogP contribution in [0.4, 0.5) is 11.4 Å². The fourth-order valence-corrected chi connectivity index (χ4v) is 5.87. The molecule has 2 aromatic rings. The Kier molecular flexibility index (Phi) is 11.5. The van der Waals surface area contributed by atoms with E-state index in [2.05, 4.69) is 66.4 Å². The van der Waals surface area contributed by atoms with Crippen molar-refractivity contribution in [2.75, 3.05) is 49.1 Å². The number of hydrogen-bond donors (Lipinski definition) is 0. The molecule has 0 aliphatic rings. The van der Waals surface area contributed by atoms with Gasteiger partial charge in [0.05, 0.1) is 0 Å². The van der Waals surface area contributed by atoms with Crippen LogP contribution < -0.4 is 18.7 Å². The van der Waals surface area contributed by atoms with Crippen LogP contribution in [0.2, 0.25) is 0 Å². The SMILES string of the molecule is C=CCN(CC=C)c1cccc([Se]c2cc(N(CC=C)CC=C)ccc2C(=O)N(CC)CC)c1. The van der Waals surface area contributed by atoms with Crippen molar-refractivity contribution in [1.29, 1.82) is 0 Å². The molecule has 180 valence electrons. The van der Waals surface area contributed by atoms with Crippen LogP contribution in [0.1, 0.15) is 24.2 Å². The predicted molar refractivity (Wildman–Crippen MR) is 150 cm³/mol. The minimum atomic E-state index is -0.0494. The van der Waals surface area contributed by atoms with E-state index in [4.69, 9.17) is 0 Å². The van der Waals surface area contributed by atoms with Gasteiger partial charge in [0.2, 0.25) is 0 Å². The number of amides is 1. The second kappa shape index (κ2) is 14.3. The van der Waals surface area contributed by atoms with E-state index in [9.17, 15) is 4.79 Å². The summed E-state index contributed by atoms with van der Waals surface area (Å²) in [4.78, 5) is 19.7. The number of carbonyl (C=O) groups excluding carboxylic acids is 1. The molecule has 34 heavy (non-hydrogen) atoms. The summed E-state index contributed by atoms with van der Waals surface area (Å²) in [6, 6.07) is 14.8. The van der Waals surface area contributed by atoms with E-state index in [1.807, 2.05) is 55.2 Å². The molecule has 0 saturated carbocycles. The number of rotatable bonds is 15. The number of anilines is 2. The molecule has 0 unspecified atom stereocenters. The Bertz CT molecular complexity index is 977. The molecule has 4 nitrogen and oxygen atoms in total. The van der Waals surface area contributed by atoms with E-state index in [1.165, 1.54) is 4.46 Å². The molecule has 2 rings (SSSR count). The molecular weight excluding hydrogens is 485 g/mol. The zero-order valence-electron chi connectivity index (χ0n) is 20.6. The van der Waals surface area contributed by atoms with Gasteiger partial charge >= 0.3 is 212 Å².